The first kappa shape index (κ1) is 34.2. The summed E-state index contributed by atoms with van der Waals surface area (Å²) in [5.41, 5.74) is 1.57. The minimum atomic E-state index is -0.888. The Hall–Kier alpha value is -3.37. The first-order valence-corrected chi connectivity index (χ1v) is 7.84. The summed E-state index contributed by atoms with van der Waals surface area (Å²) in [4.78, 5) is 10.2. The molecule has 1 aliphatic heterocycles. The molecule has 0 aliphatic carbocycles. The summed E-state index contributed by atoms with van der Waals surface area (Å²) in [6, 6.07) is 1.82. The SMILES string of the molecule is CC(=NO)C(C)=NO.CC(=NO)C(C)=NO.O=C(O)C1=CC[N-]C=C1.[CH2-]CC#N.[Co+2]. The zero-order chi connectivity index (χ0) is 23.2. The summed E-state index contributed by atoms with van der Waals surface area (Å²) >= 11 is 0. The smallest absolute Gasteiger partial charge is 0.687 e. The first-order valence-electron chi connectivity index (χ1n) is 7.84. The van der Waals surface area contributed by atoms with Crippen molar-refractivity contribution in [2.45, 2.75) is 34.1 Å². The van der Waals surface area contributed by atoms with Crippen LogP contribution in [0.1, 0.15) is 34.1 Å². The number of aliphatic carboxylic acids is 1. The Balaban J connectivity index is -0.000000153. The fourth-order valence-electron chi connectivity index (χ4n) is 0.861. The molecule has 0 saturated heterocycles. The maximum atomic E-state index is 10.2. The number of oxime groups is 4. The van der Waals surface area contributed by atoms with E-state index in [1.165, 1.54) is 40.0 Å². The topological polar surface area (TPSA) is 206 Å². The van der Waals surface area contributed by atoms with Gasteiger partial charge in [-0.05, 0) is 27.7 Å². The number of nitriles is 1. The second kappa shape index (κ2) is 23.7. The van der Waals surface area contributed by atoms with Gasteiger partial charge in [-0.15, -0.1) is 6.54 Å². The van der Waals surface area contributed by atoms with Gasteiger partial charge in [0.05, 0.1) is 5.57 Å². The molecule has 0 atom stereocenters. The molecule has 169 valence electrons. The summed E-state index contributed by atoms with van der Waals surface area (Å²) in [6.45, 7) is 9.87. The van der Waals surface area contributed by atoms with E-state index in [9.17, 15) is 4.79 Å². The van der Waals surface area contributed by atoms with Crippen LogP contribution in [0.25, 0.3) is 5.32 Å². The van der Waals surface area contributed by atoms with E-state index >= 15 is 0 Å². The third-order valence-electron chi connectivity index (χ3n) is 2.78. The number of nitrogens with zero attached hydrogens (tertiary/aromatic N) is 6. The van der Waals surface area contributed by atoms with Crippen molar-refractivity contribution in [3.8, 4) is 6.07 Å². The molecule has 30 heavy (non-hydrogen) atoms. The van der Waals surface area contributed by atoms with Crippen LogP contribution in [0.5, 0.6) is 0 Å². The maximum Gasteiger partial charge on any atom is 2.00 e. The van der Waals surface area contributed by atoms with Crippen LogP contribution in [0.4, 0.5) is 0 Å². The first-order chi connectivity index (χ1) is 13.7. The van der Waals surface area contributed by atoms with Gasteiger partial charge in [-0.25, -0.2) is 10.1 Å². The summed E-state index contributed by atoms with van der Waals surface area (Å²) in [5.74, 6) is -0.888. The van der Waals surface area contributed by atoms with E-state index in [0.717, 1.165) is 0 Å². The van der Waals surface area contributed by atoms with E-state index in [1.807, 2.05) is 6.07 Å². The van der Waals surface area contributed by atoms with Crippen LogP contribution in [-0.2, 0) is 21.6 Å². The minimum absolute atomic E-state index is 0. The zero-order valence-electron chi connectivity index (χ0n) is 17.0. The van der Waals surface area contributed by atoms with Crippen LogP contribution in [0, 0.1) is 18.3 Å². The van der Waals surface area contributed by atoms with Crippen LogP contribution in [0.15, 0.2) is 44.5 Å². The fraction of sp³-hybridized carbons (Fsp3) is 0.353. The molecule has 0 aromatic rings. The Morgan fingerprint density at radius 3 is 1.50 bits per heavy atom. The molecule has 5 N–H and O–H groups in total. The standard InChI is InChI=1S/C6H6NO2.2C4H8N2O2.C3H4N.Co/c8-6(9)5-1-3-7-4-2-5;2*1-3(5-7)4(2)6-8;1-2-3-4;/h1-3H,4H2,(H,8,9);2*7-8H,1-2H3;1-2H2;/q-1;;;-1;+2. The van der Waals surface area contributed by atoms with Gasteiger partial charge in [0.25, 0.3) is 0 Å². The molecule has 1 radical (unpaired) electrons. The Kier molecular flexibility index (Phi) is 26.9. The molecule has 0 fully saturated rings. The molecule has 12 nitrogen and oxygen atoms in total. The van der Waals surface area contributed by atoms with Crippen LogP contribution in [-0.4, -0.2) is 61.3 Å². The van der Waals surface area contributed by atoms with Crippen molar-refractivity contribution in [3.05, 3.63) is 36.2 Å². The van der Waals surface area contributed by atoms with Crippen LogP contribution in [0.3, 0.4) is 0 Å². The van der Waals surface area contributed by atoms with E-state index in [2.05, 4.69) is 32.9 Å². The molecular formula is C17H26CoN6O6. The number of rotatable bonds is 3. The molecule has 0 bridgehead atoms. The van der Waals surface area contributed by atoms with E-state index < -0.39 is 5.97 Å². The van der Waals surface area contributed by atoms with Crippen LogP contribution >= 0.6 is 0 Å². The average molecular weight is 469 g/mol. The second-order valence-corrected chi connectivity index (χ2v) is 4.80. The van der Waals surface area contributed by atoms with Crippen molar-refractivity contribution < 1.29 is 47.5 Å². The maximum absolute atomic E-state index is 10.2. The molecule has 13 heteroatoms. The largest absolute Gasteiger partial charge is 2.00 e. The molecule has 1 heterocycles. The van der Waals surface area contributed by atoms with Crippen molar-refractivity contribution >= 4 is 28.8 Å². The van der Waals surface area contributed by atoms with E-state index in [-0.39, 0.29) is 16.8 Å². The van der Waals surface area contributed by atoms with Gasteiger partial charge in [0, 0.05) is 6.07 Å². The van der Waals surface area contributed by atoms with Gasteiger partial charge in [-0.1, -0.05) is 39.2 Å². The van der Waals surface area contributed by atoms with Gasteiger partial charge >= 0.3 is 22.7 Å². The monoisotopic (exact) mass is 469 g/mol. The summed E-state index contributed by atoms with van der Waals surface area (Å²) < 4.78 is 0. The van der Waals surface area contributed by atoms with Gasteiger partial charge in [-0.2, -0.15) is 6.20 Å². The van der Waals surface area contributed by atoms with Crippen LogP contribution < -0.4 is 0 Å². The van der Waals surface area contributed by atoms with Crippen molar-refractivity contribution in [2.75, 3.05) is 6.54 Å². The molecule has 0 aromatic heterocycles. The Morgan fingerprint density at radius 2 is 1.37 bits per heavy atom. The third-order valence-corrected chi connectivity index (χ3v) is 2.78. The summed E-state index contributed by atoms with van der Waals surface area (Å²) in [5, 5.41) is 63.0. The molecule has 0 saturated carbocycles. The Labute approximate surface area is 185 Å². The fourth-order valence-corrected chi connectivity index (χ4v) is 0.861. The predicted octanol–water partition coefficient (Wildman–Crippen LogP) is 3.00. The van der Waals surface area contributed by atoms with Gasteiger partial charge in [-0.3, -0.25) is 0 Å². The molecule has 0 unspecified atom stereocenters. The number of hydrogen-bond donors (Lipinski definition) is 5. The zero-order valence-corrected chi connectivity index (χ0v) is 18.1. The second-order valence-electron chi connectivity index (χ2n) is 4.80. The quantitative estimate of drug-likeness (QED) is 0.180. The molecule has 0 amide bonds. The van der Waals surface area contributed by atoms with Crippen molar-refractivity contribution in [1.29, 1.82) is 5.26 Å². The van der Waals surface area contributed by atoms with E-state index in [0.29, 0.717) is 41.4 Å². The molecule has 1 aliphatic rings. The van der Waals surface area contributed by atoms with Crippen molar-refractivity contribution in [1.82, 2.24) is 0 Å². The van der Waals surface area contributed by atoms with Crippen molar-refractivity contribution in [3.63, 3.8) is 0 Å². The number of carboxylic acid groups (broad SMARTS) is 1. The molecule has 0 aromatic carbocycles. The van der Waals surface area contributed by atoms with Gasteiger partial charge < -0.3 is 38.2 Å². The third kappa shape index (κ3) is 20.9. The Bertz CT molecular complexity index is 644. The number of carbonyl (C=O) groups is 1. The average Bonchev–Trinajstić information content (AvgIpc) is 2.78. The number of hydrogen-bond acceptors (Lipinski definition) is 10. The van der Waals surface area contributed by atoms with Gasteiger partial charge in [0.15, 0.2) is 0 Å². The minimum Gasteiger partial charge on any atom is -0.687 e. The molecular weight excluding hydrogens is 443 g/mol. The number of carboxylic acids is 1. The molecule has 1 rings (SSSR count). The predicted molar refractivity (Wildman–Crippen MR) is 108 cm³/mol. The van der Waals surface area contributed by atoms with E-state index in [4.69, 9.17) is 31.2 Å². The van der Waals surface area contributed by atoms with Crippen molar-refractivity contribution in [2.24, 2.45) is 20.6 Å². The summed E-state index contributed by atoms with van der Waals surface area (Å²) in [6.07, 6.45) is 4.93. The van der Waals surface area contributed by atoms with Gasteiger partial charge in [0.1, 0.15) is 22.8 Å². The summed E-state index contributed by atoms with van der Waals surface area (Å²) in [7, 11) is 0. The molecule has 0 spiro atoms. The van der Waals surface area contributed by atoms with E-state index in [1.54, 1.807) is 6.08 Å². The Morgan fingerprint density at radius 1 is 1.03 bits per heavy atom. The van der Waals surface area contributed by atoms with Crippen LogP contribution in [0.2, 0.25) is 0 Å². The normalized spacial score (nSPS) is 13.1. The van der Waals surface area contributed by atoms with Gasteiger partial charge in [0.2, 0.25) is 0 Å².